The number of ether oxygens (including phenoxy) is 4. The number of hydrogen-bond donors (Lipinski definition) is 3. The van der Waals surface area contributed by atoms with Crippen molar-refractivity contribution >= 4 is 39.5 Å². The van der Waals surface area contributed by atoms with Gasteiger partial charge >= 0.3 is 39.5 Å². The highest BCUT2D eigenvalue weighted by Gasteiger charge is 2.30. The standard InChI is InChI=1S/C76H148O17P2/c1-8-9-10-11-12-13-14-15-16-17-18-19-20-23-27-30-36-45-52-59-75(80)92-71(63-86-73(78)57-50-43-35-29-26-24-21-22-25-28-33-40-47-54-67(2)3)65-90-94(82,83)88-61-70(77)62-89-95(84,85)91-66-72(64-87-74(79)58-51-44-39-38-42-49-56-69(6)7)93-76(81)60-53-46-37-32-31-34-41-48-55-68(4)5/h67-72,77H,8-66H2,1-7H3,(H,82,83)(H,84,85)/t70-,71-,72-/m1/s1. The molecule has 0 aliphatic rings. The lowest BCUT2D eigenvalue weighted by Gasteiger charge is -2.21. The van der Waals surface area contributed by atoms with Crippen LogP contribution in [0.4, 0.5) is 0 Å². The molecule has 0 aromatic rings. The molecule has 19 heteroatoms. The molecule has 5 atom stereocenters. The first-order valence-electron chi connectivity index (χ1n) is 39.3. The van der Waals surface area contributed by atoms with Crippen LogP contribution < -0.4 is 0 Å². The van der Waals surface area contributed by atoms with Gasteiger partial charge in [-0.15, -0.1) is 0 Å². The zero-order valence-electron chi connectivity index (χ0n) is 62.1. The van der Waals surface area contributed by atoms with Crippen LogP contribution in [-0.2, 0) is 65.4 Å². The van der Waals surface area contributed by atoms with Crippen LogP contribution in [0.3, 0.4) is 0 Å². The van der Waals surface area contributed by atoms with E-state index < -0.39 is 97.5 Å². The zero-order valence-corrected chi connectivity index (χ0v) is 63.9. The molecule has 0 saturated heterocycles. The molecule has 0 aromatic carbocycles. The average Bonchev–Trinajstić information content (AvgIpc) is 3.33. The number of carbonyl (C=O) groups is 4. The Kier molecular flexibility index (Phi) is 65.2. The van der Waals surface area contributed by atoms with Crippen LogP contribution in [0.1, 0.15) is 389 Å². The van der Waals surface area contributed by atoms with Gasteiger partial charge in [-0.05, 0) is 43.4 Å². The Balaban J connectivity index is 5.22. The molecular formula is C76H148O17P2. The first-order chi connectivity index (χ1) is 45.7. The fourth-order valence-corrected chi connectivity index (χ4v) is 13.2. The van der Waals surface area contributed by atoms with Crippen molar-refractivity contribution in [2.75, 3.05) is 39.6 Å². The minimum Gasteiger partial charge on any atom is -0.462 e. The molecule has 2 unspecified atom stereocenters. The van der Waals surface area contributed by atoms with E-state index in [1.54, 1.807) is 0 Å². The highest BCUT2D eigenvalue weighted by Crippen LogP contribution is 2.45. The normalized spacial score (nSPS) is 14.1. The summed E-state index contributed by atoms with van der Waals surface area (Å²) in [5, 5.41) is 10.6. The Morgan fingerprint density at radius 3 is 0.716 bits per heavy atom. The largest absolute Gasteiger partial charge is 0.472 e. The first kappa shape index (κ1) is 93.1. The van der Waals surface area contributed by atoms with Gasteiger partial charge in [-0.2, -0.15) is 0 Å². The summed E-state index contributed by atoms with van der Waals surface area (Å²) in [4.78, 5) is 72.7. The molecule has 3 N–H and O–H groups in total. The number of phosphoric acid groups is 2. The summed E-state index contributed by atoms with van der Waals surface area (Å²) >= 11 is 0. The molecule has 0 amide bonds. The predicted molar refractivity (Wildman–Crippen MR) is 386 cm³/mol. The van der Waals surface area contributed by atoms with Crippen molar-refractivity contribution in [1.82, 2.24) is 0 Å². The summed E-state index contributed by atoms with van der Waals surface area (Å²) < 4.78 is 68.5. The van der Waals surface area contributed by atoms with E-state index in [-0.39, 0.29) is 25.7 Å². The summed E-state index contributed by atoms with van der Waals surface area (Å²) in [6, 6.07) is 0. The van der Waals surface area contributed by atoms with E-state index in [1.807, 2.05) is 0 Å². The van der Waals surface area contributed by atoms with E-state index >= 15 is 0 Å². The van der Waals surface area contributed by atoms with Gasteiger partial charge in [0.25, 0.3) is 0 Å². The third kappa shape index (κ3) is 70.3. The first-order valence-corrected chi connectivity index (χ1v) is 42.3. The van der Waals surface area contributed by atoms with Crippen LogP contribution in [0.2, 0.25) is 0 Å². The Bertz CT molecular complexity index is 1850. The lowest BCUT2D eigenvalue weighted by atomic mass is 10.0. The molecule has 0 aliphatic carbocycles. The van der Waals surface area contributed by atoms with Crippen molar-refractivity contribution in [3.63, 3.8) is 0 Å². The number of aliphatic hydroxyl groups is 1. The van der Waals surface area contributed by atoms with Crippen LogP contribution in [0.25, 0.3) is 0 Å². The summed E-state index contributed by atoms with van der Waals surface area (Å²) in [5.41, 5.74) is 0. The van der Waals surface area contributed by atoms with Crippen LogP contribution in [0, 0.1) is 17.8 Å². The van der Waals surface area contributed by atoms with Gasteiger partial charge < -0.3 is 33.8 Å². The van der Waals surface area contributed by atoms with E-state index in [4.69, 9.17) is 37.0 Å². The molecular weight excluding hydrogens is 1250 g/mol. The molecule has 0 saturated carbocycles. The van der Waals surface area contributed by atoms with Gasteiger partial charge in [-0.3, -0.25) is 37.3 Å². The van der Waals surface area contributed by atoms with Crippen LogP contribution in [0.5, 0.6) is 0 Å². The summed E-state index contributed by atoms with van der Waals surface area (Å²) in [6.07, 6.45) is 53.0. The Morgan fingerprint density at radius 1 is 0.284 bits per heavy atom. The number of esters is 4. The summed E-state index contributed by atoms with van der Waals surface area (Å²) in [5.74, 6) is 0.0668. The molecule has 564 valence electrons. The fraction of sp³-hybridized carbons (Fsp3) is 0.947. The SMILES string of the molecule is CCCCCCCCCCCCCCCCCCCCCC(=O)O[C@H](COC(=O)CCCCCCCCCCCCCCCC(C)C)COP(=O)(O)OC[C@@H](O)COP(=O)(O)OC[C@@H](COC(=O)CCCCCCCCC(C)C)OC(=O)CCCCCCCCCCC(C)C. The lowest BCUT2D eigenvalue weighted by Crippen LogP contribution is -2.30. The number of carbonyl (C=O) groups excluding carboxylic acids is 4. The topological polar surface area (TPSA) is 237 Å². The van der Waals surface area contributed by atoms with Crippen LogP contribution in [-0.4, -0.2) is 96.7 Å². The number of phosphoric ester groups is 2. The molecule has 0 radical (unpaired) electrons. The van der Waals surface area contributed by atoms with Crippen molar-refractivity contribution in [1.29, 1.82) is 0 Å². The minimum atomic E-state index is -4.96. The van der Waals surface area contributed by atoms with Crippen molar-refractivity contribution in [3.05, 3.63) is 0 Å². The van der Waals surface area contributed by atoms with E-state index in [0.29, 0.717) is 31.6 Å². The highest BCUT2D eigenvalue weighted by atomic mass is 31.2. The second-order valence-electron chi connectivity index (χ2n) is 28.8. The van der Waals surface area contributed by atoms with Gasteiger partial charge in [0, 0.05) is 25.7 Å². The van der Waals surface area contributed by atoms with Gasteiger partial charge in [0.15, 0.2) is 12.2 Å². The van der Waals surface area contributed by atoms with Gasteiger partial charge in [0.2, 0.25) is 0 Å². The predicted octanol–water partition coefficient (Wildman–Crippen LogP) is 22.2. The third-order valence-electron chi connectivity index (χ3n) is 17.6. The van der Waals surface area contributed by atoms with Gasteiger partial charge in [-0.25, -0.2) is 9.13 Å². The maximum absolute atomic E-state index is 13.1. The van der Waals surface area contributed by atoms with E-state index in [0.717, 1.165) is 108 Å². The van der Waals surface area contributed by atoms with Gasteiger partial charge in [0.1, 0.15) is 19.3 Å². The molecule has 0 rings (SSSR count). The molecule has 17 nitrogen and oxygen atoms in total. The molecule has 0 fully saturated rings. The van der Waals surface area contributed by atoms with E-state index in [2.05, 4.69) is 48.5 Å². The van der Waals surface area contributed by atoms with Gasteiger partial charge in [-0.1, -0.05) is 337 Å². The smallest absolute Gasteiger partial charge is 0.462 e. The van der Waals surface area contributed by atoms with Crippen LogP contribution >= 0.6 is 15.6 Å². The molecule has 95 heavy (non-hydrogen) atoms. The van der Waals surface area contributed by atoms with Crippen molar-refractivity contribution < 1.29 is 80.2 Å². The maximum Gasteiger partial charge on any atom is 0.472 e. The average molecular weight is 1400 g/mol. The highest BCUT2D eigenvalue weighted by molar-refractivity contribution is 7.47. The van der Waals surface area contributed by atoms with Gasteiger partial charge in [0.05, 0.1) is 26.4 Å². The Morgan fingerprint density at radius 2 is 0.484 bits per heavy atom. The monoisotopic (exact) mass is 1400 g/mol. The second-order valence-corrected chi connectivity index (χ2v) is 31.7. The van der Waals surface area contributed by atoms with Crippen molar-refractivity contribution in [2.24, 2.45) is 17.8 Å². The molecule has 0 heterocycles. The molecule has 0 aromatic heterocycles. The maximum atomic E-state index is 13.1. The Labute approximate surface area is 581 Å². The molecule has 0 spiro atoms. The van der Waals surface area contributed by atoms with Crippen molar-refractivity contribution in [2.45, 2.75) is 407 Å². The van der Waals surface area contributed by atoms with Crippen LogP contribution in [0.15, 0.2) is 0 Å². The number of unbranched alkanes of at least 4 members (excludes halogenated alkanes) is 42. The quantitative estimate of drug-likeness (QED) is 0.0222. The molecule has 0 aliphatic heterocycles. The summed E-state index contributed by atoms with van der Waals surface area (Å²) in [6.45, 7) is 11.8. The second kappa shape index (κ2) is 66.6. The third-order valence-corrected chi connectivity index (χ3v) is 19.5. The van der Waals surface area contributed by atoms with E-state index in [9.17, 15) is 43.2 Å². The fourth-order valence-electron chi connectivity index (χ4n) is 11.6. The minimum absolute atomic E-state index is 0.103. The number of hydrogen-bond acceptors (Lipinski definition) is 15. The summed E-state index contributed by atoms with van der Waals surface area (Å²) in [7, 11) is -9.91. The Hall–Kier alpha value is -1.94. The van der Waals surface area contributed by atoms with E-state index in [1.165, 1.54) is 193 Å². The zero-order chi connectivity index (χ0) is 70.1. The molecule has 0 bridgehead atoms. The number of aliphatic hydroxyl groups excluding tert-OH is 1. The number of rotatable bonds is 74. The van der Waals surface area contributed by atoms with Crippen molar-refractivity contribution in [3.8, 4) is 0 Å². The lowest BCUT2D eigenvalue weighted by molar-refractivity contribution is -0.161.